The monoisotopic (exact) mass is 231 g/mol. The first-order valence-corrected chi connectivity index (χ1v) is 5.54. The van der Waals surface area contributed by atoms with Gasteiger partial charge in [-0.15, -0.1) is 0 Å². The Labute approximate surface area is 98.7 Å². The predicted molar refractivity (Wildman–Crippen MR) is 66.1 cm³/mol. The fourth-order valence-electron chi connectivity index (χ4n) is 1.71. The van der Waals surface area contributed by atoms with Crippen LogP contribution in [0.4, 0.5) is 0 Å². The second-order valence-corrected chi connectivity index (χ2v) is 3.83. The Morgan fingerprint density at radius 3 is 2.88 bits per heavy atom. The Kier molecular flexibility index (Phi) is 3.23. The van der Waals surface area contributed by atoms with Crippen LogP contribution in [0.15, 0.2) is 40.4 Å². The molecule has 4 heteroatoms. The van der Waals surface area contributed by atoms with Crippen molar-refractivity contribution in [2.75, 3.05) is 0 Å². The summed E-state index contributed by atoms with van der Waals surface area (Å²) in [6.07, 6.45) is 2.70. The molecule has 0 amide bonds. The summed E-state index contributed by atoms with van der Waals surface area (Å²) in [6.45, 7) is 1.91. The van der Waals surface area contributed by atoms with Gasteiger partial charge < -0.3 is 4.42 Å². The highest BCUT2D eigenvalue weighted by Crippen LogP contribution is 2.21. The van der Waals surface area contributed by atoms with E-state index in [1.54, 1.807) is 0 Å². The molecule has 2 aromatic rings. The van der Waals surface area contributed by atoms with Crippen molar-refractivity contribution in [2.24, 2.45) is 0 Å². The molecule has 0 aliphatic rings. The molecule has 0 radical (unpaired) electrons. The van der Waals surface area contributed by atoms with E-state index in [4.69, 9.17) is 4.42 Å². The van der Waals surface area contributed by atoms with E-state index < -0.39 is 0 Å². The van der Waals surface area contributed by atoms with Crippen molar-refractivity contribution in [3.8, 4) is 0 Å². The fourth-order valence-corrected chi connectivity index (χ4v) is 1.71. The summed E-state index contributed by atoms with van der Waals surface area (Å²) in [7, 11) is 0. The zero-order valence-electron chi connectivity index (χ0n) is 9.55. The van der Waals surface area contributed by atoms with Gasteiger partial charge in [0, 0.05) is 11.8 Å². The first-order chi connectivity index (χ1) is 8.20. The molecule has 0 fully saturated rings. The van der Waals surface area contributed by atoms with Crippen LogP contribution in [0.3, 0.4) is 0 Å². The van der Waals surface area contributed by atoms with Crippen molar-refractivity contribution < 1.29 is 9.34 Å². The standard InChI is InChI=1S/C13H13NO3/c1-2-5-11(14(15)16)9-12-8-10-6-3-4-7-13(10)17-12/h3-4,6-9H,2,5H2,1H3/b11-9-. The molecular formula is C13H13NO3. The number of allylic oxidation sites excluding steroid dienone is 1. The maximum Gasteiger partial charge on any atom is 0.249 e. The Morgan fingerprint density at radius 2 is 2.24 bits per heavy atom. The smallest absolute Gasteiger partial charge is 0.249 e. The van der Waals surface area contributed by atoms with Crippen molar-refractivity contribution in [3.05, 3.63) is 51.9 Å². The molecule has 0 saturated carbocycles. The minimum Gasteiger partial charge on any atom is -0.456 e. The Hall–Kier alpha value is -2.10. The van der Waals surface area contributed by atoms with E-state index in [1.165, 1.54) is 6.08 Å². The number of furan rings is 1. The molecule has 1 aromatic carbocycles. The quantitative estimate of drug-likeness (QED) is 0.593. The number of para-hydroxylation sites is 1. The van der Waals surface area contributed by atoms with Crippen LogP contribution in [0.2, 0.25) is 0 Å². The Bertz CT molecular complexity index is 536. The molecule has 4 nitrogen and oxygen atoms in total. The van der Waals surface area contributed by atoms with Gasteiger partial charge in [-0.25, -0.2) is 0 Å². The SMILES string of the molecule is CCC/C(=C/c1cc2ccccc2o1)[N+](=O)[O-]. The number of rotatable bonds is 4. The zero-order chi connectivity index (χ0) is 12.3. The highest BCUT2D eigenvalue weighted by Gasteiger charge is 2.11. The van der Waals surface area contributed by atoms with Gasteiger partial charge in [-0.3, -0.25) is 10.1 Å². The van der Waals surface area contributed by atoms with Gasteiger partial charge in [0.15, 0.2) is 0 Å². The van der Waals surface area contributed by atoms with Crippen LogP contribution >= 0.6 is 0 Å². The van der Waals surface area contributed by atoms with Gasteiger partial charge in [0.2, 0.25) is 5.70 Å². The third-order valence-electron chi connectivity index (χ3n) is 2.49. The molecule has 1 aromatic heterocycles. The molecule has 0 bridgehead atoms. The van der Waals surface area contributed by atoms with Crippen LogP contribution in [0.25, 0.3) is 17.0 Å². The van der Waals surface area contributed by atoms with Gasteiger partial charge in [0.05, 0.1) is 11.0 Å². The topological polar surface area (TPSA) is 56.3 Å². The van der Waals surface area contributed by atoms with E-state index >= 15 is 0 Å². The molecule has 0 aliphatic heterocycles. The van der Waals surface area contributed by atoms with Crippen molar-refractivity contribution in [1.29, 1.82) is 0 Å². The van der Waals surface area contributed by atoms with E-state index in [-0.39, 0.29) is 10.6 Å². The van der Waals surface area contributed by atoms with Gasteiger partial charge >= 0.3 is 0 Å². The molecular weight excluding hydrogens is 218 g/mol. The normalized spacial score (nSPS) is 11.9. The third-order valence-corrected chi connectivity index (χ3v) is 2.49. The van der Waals surface area contributed by atoms with Gasteiger partial charge in [0.25, 0.3) is 0 Å². The molecule has 1 heterocycles. The van der Waals surface area contributed by atoms with E-state index in [2.05, 4.69) is 0 Å². The summed E-state index contributed by atoms with van der Waals surface area (Å²) in [4.78, 5) is 10.5. The molecule has 0 spiro atoms. The summed E-state index contributed by atoms with van der Waals surface area (Å²) in [5.41, 5.74) is 0.935. The third kappa shape index (κ3) is 2.53. The second-order valence-electron chi connectivity index (χ2n) is 3.83. The van der Waals surface area contributed by atoms with Crippen molar-refractivity contribution in [1.82, 2.24) is 0 Å². The molecule has 0 atom stereocenters. The first-order valence-electron chi connectivity index (χ1n) is 5.54. The maximum absolute atomic E-state index is 10.8. The zero-order valence-corrected chi connectivity index (χ0v) is 9.55. The van der Waals surface area contributed by atoms with Crippen LogP contribution in [0, 0.1) is 10.1 Å². The van der Waals surface area contributed by atoms with Gasteiger partial charge in [-0.1, -0.05) is 25.1 Å². The lowest BCUT2D eigenvalue weighted by Crippen LogP contribution is -1.97. The lowest BCUT2D eigenvalue weighted by Gasteiger charge is -1.93. The van der Waals surface area contributed by atoms with Gasteiger partial charge in [0.1, 0.15) is 11.3 Å². The van der Waals surface area contributed by atoms with Crippen molar-refractivity contribution >= 4 is 17.0 Å². The summed E-state index contributed by atoms with van der Waals surface area (Å²) in [5, 5.41) is 11.8. The molecule has 0 unspecified atom stereocenters. The number of nitrogens with zero attached hydrogens (tertiary/aromatic N) is 1. The maximum atomic E-state index is 10.8. The van der Waals surface area contributed by atoms with Crippen molar-refractivity contribution in [2.45, 2.75) is 19.8 Å². The summed E-state index contributed by atoms with van der Waals surface area (Å²) >= 11 is 0. The number of nitro groups is 1. The molecule has 0 N–H and O–H groups in total. The second kappa shape index (κ2) is 4.82. The minimum absolute atomic E-state index is 0.187. The van der Waals surface area contributed by atoms with Gasteiger partial charge in [-0.2, -0.15) is 0 Å². The highest BCUT2D eigenvalue weighted by atomic mass is 16.6. The molecule has 88 valence electrons. The summed E-state index contributed by atoms with van der Waals surface area (Å²) in [5.74, 6) is 0.534. The Morgan fingerprint density at radius 1 is 1.47 bits per heavy atom. The van der Waals surface area contributed by atoms with E-state index in [9.17, 15) is 10.1 Å². The van der Waals surface area contributed by atoms with Crippen LogP contribution in [0.1, 0.15) is 25.5 Å². The number of benzene rings is 1. The lowest BCUT2D eigenvalue weighted by molar-refractivity contribution is -0.426. The molecule has 0 aliphatic carbocycles. The molecule has 17 heavy (non-hydrogen) atoms. The molecule has 0 saturated heterocycles. The van der Waals surface area contributed by atoms with Crippen LogP contribution in [0.5, 0.6) is 0 Å². The predicted octanol–water partition coefficient (Wildman–Crippen LogP) is 3.85. The number of fused-ring (bicyclic) bond motifs is 1. The van der Waals surface area contributed by atoms with Gasteiger partial charge in [-0.05, 0) is 18.6 Å². The first kappa shape index (κ1) is 11.4. The van der Waals surface area contributed by atoms with E-state index in [0.717, 1.165) is 17.4 Å². The van der Waals surface area contributed by atoms with Crippen LogP contribution < -0.4 is 0 Å². The number of hydrogen-bond donors (Lipinski definition) is 0. The highest BCUT2D eigenvalue weighted by molar-refractivity contribution is 5.79. The average molecular weight is 231 g/mol. The van der Waals surface area contributed by atoms with Crippen LogP contribution in [-0.2, 0) is 0 Å². The fraction of sp³-hybridized carbons (Fsp3) is 0.231. The van der Waals surface area contributed by atoms with E-state index in [1.807, 2.05) is 37.3 Å². The Balaban J connectivity index is 2.38. The average Bonchev–Trinajstić information content (AvgIpc) is 2.70. The van der Waals surface area contributed by atoms with Crippen molar-refractivity contribution in [3.63, 3.8) is 0 Å². The summed E-state index contributed by atoms with van der Waals surface area (Å²) < 4.78 is 5.51. The largest absolute Gasteiger partial charge is 0.456 e. The van der Waals surface area contributed by atoms with E-state index in [0.29, 0.717) is 12.2 Å². The van der Waals surface area contributed by atoms with Crippen LogP contribution in [-0.4, -0.2) is 4.92 Å². The number of hydrogen-bond acceptors (Lipinski definition) is 3. The lowest BCUT2D eigenvalue weighted by atomic mass is 10.2. The minimum atomic E-state index is -0.351. The summed E-state index contributed by atoms with van der Waals surface area (Å²) in [6, 6.07) is 9.36. The molecule has 2 rings (SSSR count).